The summed E-state index contributed by atoms with van der Waals surface area (Å²) in [6.45, 7) is 1.68. The van der Waals surface area contributed by atoms with Crippen LogP contribution in [0.3, 0.4) is 0 Å². The molecule has 4 amide bonds. The Morgan fingerprint density at radius 1 is 1.18 bits per heavy atom. The van der Waals surface area contributed by atoms with E-state index in [-0.39, 0.29) is 30.2 Å². The summed E-state index contributed by atoms with van der Waals surface area (Å²) in [5, 5.41) is 5.03. The maximum Gasteiger partial charge on any atom is 0.255 e. The van der Waals surface area contributed by atoms with Crippen LogP contribution in [0.15, 0.2) is 18.2 Å². The van der Waals surface area contributed by atoms with Gasteiger partial charge in [-0.3, -0.25) is 24.5 Å². The van der Waals surface area contributed by atoms with E-state index >= 15 is 0 Å². The van der Waals surface area contributed by atoms with Crippen LogP contribution < -0.4 is 15.5 Å². The largest absolute Gasteiger partial charge is 0.366 e. The first-order valence-electron chi connectivity index (χ1n) is 12.3. The molecule has 3 aliphatic heterocycles. The van der Waals surface area contributed by atoms with Gasteiger partial charge in [-0.1, -0.05) is 18.9 Å². The molecule has 0 aromatic heterocycles. The van der Waals surface area contributed by atoms with E-state index in [4.69, 9.17) is 4.74 Å². The van der Waals surface area contributed by atoms with Crippen molar-refractivity contribution in [3.05, 3.63) is 29.3 Å². The molecule has 4 aliphatic rings. The molecule has 2 N–H and O–H groups in total. The minimum Gasteiger partial charge on any atom is -0.366 e. The SMILES string of the molecule is CNC(=O)[C@@H]1CC[C@@H](N(CCC2CC2)c2cccc3c2CN(C2CCC(=O)NC2=O)C3=O)CO1. The van der Waals surface area contributed by atoms with Crippen LogP contribution in [-0.4, -0.2) is 66.9 Å². The number of carbonyl (C=O) groups excluding carboxylic acids is 4. The third kappa shape index (κ3) is 4.41. The van der Waals surface area contributed by atoms with Gasteiger partial charge in [0.15, 0.2) is 0 Å². The fourth-order valence-corrected chi connectivity index (χ4v) is 5.42. The normalized spacial score (nSPS) is 26.8. The van der Waals surface area contributed by atoms with Crippen LogP contribution in [0, 0.1) is 5.92 Å². The molecule has 1 aromatic rings. The third-order valence-corrected chi connectivity index (χ3v) is 7.57. The first-order chi connectivity index (χ1) is 16.5. The van der Waals surface area contributed by atoms with Crippen LogP contribution in [0.25, 0.3) is 0 Å². The molecule has 0 spiro atoms. The molecule has 1 unspecified atom stereocenters. The number of nitrogens with zero attached hydrogens (tertiary/aromatic N) is 2. The molecule has 1 aromatic carbocycles. The van der Waals surface area contributed by atoms with Crippen LogP contribution in [0.2, 0.25) is 0 Å². The fourth-order valence-electron chi connectivity index (χ4n) is 5.42. The summed E-state index contributed by atoms with van der Waals surface area (Å²) in [5.74, 6) is -0.179. The van der Waals surface area contributed by atoms with Crippen molar-refractivity contribution in [1.29, 1.82) is 0 Å². The molecule has 3 fully saturated rings. The van der Waals surface area contributed by atoms with E-state index in [1.54, 1.807) is 11.9 Å². The van der Waals surface area contributed by atoms with Crippen molar-refractivity contribution in [2.45, 2.75) is 69.7 Å². The number of anilines is 1. The number of hydrogen-bond donors (Lipinski definition) is 2. The summed E-state index contributed by atoms with van der Waals surface area (Å²) < 4.78 is 5.93. The van der Waals surface area contributed by atoms with Crippen molar-refractivity contribution >= 4 is 29.3 Å². The van der Waals surface area contributed by atoms with E-state index in [0.717, 1.165) is 36.6 Å². The number of likely N-dealkylation sites (N-methyl/N-ethyl adjacent to an activating group) is 1. The van der Waals surface area contributed by atoms with Crippen LogP contribution in [0.1, 0.15) is 60.9 Å². The Balaban J connectivity index is 1.38. The number of imide groups is 1. The van der Waals surface area contributed by atoms with Crippen molar-refractivity contribution in [1.82, 2.24) is 15.5 Å². The average Bonchev–Trinajstić information content (AvgIpc) is 3.61. The van der Waals surface area contributed by atoms with Crippen molar-refractivity contribution in [2.24, 2.45) is 5.92 Å². The number of ether oxygens (including phenoxy) is 1. The van der Waals surface area contributed by atoms with Crippen LogP contribution >= 0.6 is 0 Å². The smallest absolute Gasteiger partial charge is 0.255 e. The number of benzene rings is 1. The highest BCUT2D eigenvalue weighted by Crippen LogP contribution is 2.38. The maximum atomic E-state index is 13.3. The van der Waals surface area contributed by atoms with Crippen molar-refractivity contribution in [3.63, 3.8) is 0 Å². The minimum absolute atomic E-state index is 0.0888. The van der Waals surface area contributed by atoms with Crippen LogP contribution in [0.5, 0.6) is 0 Å². The van der Waals surface area contributed by atoms with E-state index in [0.29, 0.717) is 31.6 Å². The van der Waals surface area contributed by atoms with Gasteiger partial charge in [-0.15, -0.1) is 0 Å². The van der Waals surface area contributed by atoms with Gasteiger partial charge in [0.25, 0.3) is 5.91 Å². The van der Waals surface area contributed by atoms with Gasteiger partial charge in [0.05, 0.1) is 12.6 Å². The quantitative estimate of drug-likeness (QED) is 0.585. The summed E-state index contributed by atoms with van der Waals surface area (Å²) in [6, 6.07) is 5.27. The summed E-state index contributed by atoms with van der Waals surface area (Å²) in [6.07, 6.45) is 5.27. The maximum absolute atomic E-state index is 13.3. The molecule has 34 heavy (non-hydrogen) atoms. The Kier molecular flexibility index (Phi) is 6.29. The molecule has 0 radical (unpaired) electrons. The molecule has 2 saturated heterocycles. The number of amides is 4. The zero-order chi connectivity index (χ0) is 23.8. The summed E-state index contributed by atoms with van der Waals surface area (Å²) in [7, 11) is 1.62. The van der Waals surface area contributed by atoms with E-state index < -0.39 is 18.1 Å². The van der Waals surface area contributed by atoms with Gasteiger partial charge in [-0.25, -0.2) is 0 Å². The number of rotatable bonds is 7. The number of piperidine rings is 1. The third-order valence-electron chi connectivity index (χ3n) is 7.57. The lowest BCUT2D eigenvalue weighted by Gasteiger charge is -2.39. The van der Waals surface area contributed by atoms with E-state index in [1.165, 1.54) is 12.8 Å². The number of carbonyl (C=O) groups is 4. The second kappa shape index (κ2) is 9.37. The van der Waals surface area contributed by atoms with Crippen LogP contribution in [0.4, 0.5) is 5.69 Å². The number of hydrogen-bond acceptors (Lipinski definition) is 6. The Bertz CT molecular complexity index is 999. The van der Waals surface area contributed by atoms with E-state index in [9.17, 15) is 19.2 Å². The summed E-state index contributed by atoms with van der Waals surface area (Å²) in [4.78, 5) is 53.3. The minimum atomic E-state index is -0.628. The standard InChI is InChI=1S/C25H32N4O5/c1-26-24(32)21-9-7-16(14-34-21)28(12-11-15-5-6-15)19-4-2-3-17-18(19)13-29(25(17)33)20-8-10-22(30)27-23(20)31/h2-4,15-16,20-21H,5-14H2,1H3,(H,26,32)(H,27,30,31)/t16-,20?,21+/m1/s1. The first kappa shape index (κ1) is 22.8. The monoisotopic (exact) mass is 468 g/mol. The van der Waals surface area contributed by atoms with Crippen molar-refractivity contribution in [2.75, 3.05) is 25.1 Å². The molecule has 3 atom stereocenters. The fraction of sp³-hybridized carbons (Fsp3) is 0.600. The average molecular weight is 469 g/mol. The highest BCUT2D eigenvalue weighted by molar-refractivity contribution is 6.06. The summed E-state index contributed by atoms with van der Waals surface area (Å²) >= 11 is 0. The van der Waals surface area contributed by atoms with E-state index in [2.05, 4.69) is 21.6 Å². The Morgan fingerprint density at radius 3 is 2.68 bits per heavy atom. The van der Waals surface area contributed by atoms with E-state index in [1.807, 2.05) is 12.1 Å². The second-order valence-electron chi connectivity index (χ2n) is 9.80. The Labute approximate surface area is 199 Å². The Morgan fingerprint density at radius 2 is 2.00 bits per heavy atom. The van der Waals surface area contributed by atoms with Crippen molar-refractivity contribution in [3.8, 4) is 0 Å². The Hall–Kier alpha value is -2.94. The lowest BCUT2D eigenvalue weighted by molar-refractivity contribution is -0.137. The molecule has 1 aliphatic carbocycles. The molecule has 5 rings (SSSR count). The molecule has 0 bridgehead atoms. The molecule has 182 valence electrons. The summed E-state index contributed by atoms with van der Waals surface area (Å²) in [5.41, 5.74) is 2.56. The molecule has 9 nitrogen and oxygen atoms in total. The van der Waals surface area contributed by atoms with Gasteiger partial charge in [0, 0.05) is 43.4 Å². The topological polar surface area (TPSA) is 108 Å². The van der Waals surface area contributed by atoms with Gasteiger partial charge in [0.1, 0.15) is 12.1 Å². The predicted octanol–water partition coefficient (Wildman–Crippen LogP) is 1.35. The lowest BCUT2D eigenvalue weighted by atomic mass is 9.99. The predicted molar refractivity (Wildman–Crippen MR) is 124 cm³/mol. The number of nitrogens with one attached hydrogen (secondary N) is 2. The molecule has 3 heterocycles. The number of fused-ring (bicyclic) bond motifs is 1. The second-order valence-corrected chi connectivity index (χ2v) is 9.80. The first-order valence-corrected chi connectivity index (χ1v) is 12.3. The molecular formula is C25H32N4O5. The zero-order valence-electron chi connectivity index (χ0n) is 19.5. The molecule has 1 saturated carbocycles. The van der Waals surface area contributed by atoms with Gasteiger partial charge < -0.3 is 19.9 Å². The van der Waals surface area contributed by atoms with Crippen LogP contribution in [-0.2, 0) is 25.7 Å². The van der Waals surface area contributed by atoms with Gasteiger partial charge in [0.2, 0.25) is 17.7 Å². The van der Waals surface area contributed by atoms with Gasteiger partial charge in [-0.2, -0.15) is 0 Å². The molecule has 9 heteroatoms. The highest BCUT2D eigenvalue weighted by atomic mass is 16.5. The van der Waals surface area contributed by atoms with Gasteiger partial charge >= 0.3 is 0 Å². The lowest BCUT2D eigenvalue weighted by Crippen LogP contribution is -2.52. The van der Waals surface area contributed by atoms with Crippen molar-refractivity contribution < 1.29 is 23.9 Å². The molecular weight excluding hydrogens is 436 g/mol. The van der Waals surface area contributed by atoms with Gasteiger partial charge in [-0.05, 0) is 43.7 Å². The zero-order valence-corrected chi connectivity index (χ0v) is 19.5. The highest BCUT2D eigenvalue weighted by Gasteiger charge is 2.41.